The van der Waals surface area contributed by atoms with Crippen molar-refractivity contribution >= 4 is 18.0 Å². The molecule has 0 atom stereocenters. The molecular weight excluding hydrogens is 468 g/mol. The molecule has 2 amide bonds. The maximum absolute atomic E-state index is 11.9. The molecule has 0 aromatic carbocycles. The second-order valence-electron chi connectivity index (χ2n) is 8.63. The third-order valence-corrected chi connectivity index (χ3v) is 5.12. The lowest BCUT2D eigenvalue weighted by atomic mass is 10.1. The van der Waals surface area contributed by atoms with E-state index in [9.17, 15) is 14.4 Å². The molecular formula is C30H38N2O5. The van der Waals surface area contributed by atoms with Crippen molar-refractivity contribution in [3.8, 4) is 0 Å². The summed E-state index contributed by atoms with van der Waals surface area (Å²) < 4.78 is 0. The van der Waals surface area contributed by atoms with Crippen LogP contribution in [0.1, 0.15) is 47.0 Å². The third kappa shape index (κ3) is 16.2. The van der Waals surface area contributed by atoms with Crippen LogP contribution < -0.4 is 5.48 Å². The number of aliphatic carboxylic acids is 1. The van der Waals surface area contributed by atoms with Crippen molar-refractivity contribution in [2.75, 3.05) is 13.1 Å². The number of urea groups is 1. The fourth-order valence-corrected chi connectivity index (χ4v) is 3.03. The van der Waals surface area contributed by atoms with Gasteiger partial charge in [-0.3, -0.25) is 0 Å². The lowest BCUT2D eigenvalue weighted by Crippen LogP contribution is -2.43. The average Bonchev–Trinajstić information content (AvgIpc) is 2.87. The zero-order valence-electron chi connectivity index (χ0n) is 22.1. The summed E-state index contributed by atoms with van der Waals surface area (Å²) in [6, 6.07) is -0.384. The lowest BCUT2D eigenvalue weighted by molar-refractivity contribution is -0.143. The fourth-order valence-electron chi connectivity index (χ4n) is 3.03. The number of carboxylic acids is 1. The molecule has 1 fully saturated rings. The summed E-state index contributed by atoms with van der Waals surface area (Å²) in [5.41, 5.74) is 6.01. The number of amides is 2. The number of likely N-dealkylation sites (tertiary alicyclic amines) is 1. The van der Waals surface area contributed by atoms with E-state index in [1.807, 2.05) is 88.5 Å². The van der Waals surface area contributed by atoms with Crippen LogP contribution in [0.25, 0.3) is 0 Å². The normalized spacial score (nSPS) is 16.6. The maximum Gasteiger partial charge on any atom is 0.355 e. The quantitative estimate of drug-likeness (QED) is 0.206. The van der Waals surface area contributed by atoms with Crippen LogP contribution in [0, 0.1) is 0 Å². The van der Waals surface area contributed by atoms with Gasteiger partial charge < -0.3 is 14.8 Å². The van der Waals surface area contributed by atoms with Crippen molar-refractivity contribution in [2.24, 2.45) is 0 Å². The summed E-state index contributed by atoms with van der Waals surface area (Å²) in [4.78, 5) is 40.7. The van der Waals surface area contributed by atoms with Gasteiger partial charge >= 0.3 is 18.0 Å². The number of hydrogen-bond acceptors (Lipinski definition) is 4. The molecule has 0 aromatic heterocycles. The second-order valence-corrected chi connectivity index (χ2v) is 8.63. The zero-order chi connectivity index (χ0) is 27.5. The first-order valence-corrected chi connectivity index (χ1v) is 12.2. The van der Waals surface area contributed by atoms with Gasteiger partial charge in [0.15, 0.2) is 0 Å². The van der Waals surface area contributed by atoms with Gasteiger partial charge in [-0.05, 0) is 47.0 Å². The van der Waals surface area contributed by atoms with Crippen molar-refractivity contribution in [1.82, 2.24) is 10.4 Å². The number of nitrogens with zero attached hydrogens (tertiary/aromatic N) is 1. The highest BCUT2D eigenvalue weighted by molar-refractivity contribution is 5.84. The Morgan fingerprint density at radius 2 is 1.11 bits per heavy atom. The molecule has 1 aliphatic heterocycles. The van der Waals surface area contributed by atoms with Crippen LogP contribution in [0.5, 0.6) is 0 Å². The molecule has 7 nitrogen and oxygen atoms in total. The molecule has 37 heavy (non-hydrogen) atoms. The number of hydroxylamine groups is 1. The van der Waals surface area contributed by atoms with Gasteiger partial charge in [0.2, 0.25) is 0 Å². The molecule has 0 radical (unpaired) electrons. The molecule has 2 N–H and O–H groups in total. The van der Waals surface area contributed by atoms with Gasteiger partial charge in [0, 0.05) is 25.2 Å². The number of carbonyl (C=O) groups excluding carboxylic acids is 2. The number of hydrogen-bond donors (Lipinski definition) is 2. The molecule has 1 aliphatic rings. The number of carbonyl (C=O) groups is 3. The molecule has 0 aliphatic carbocycles. The van der Waals surface area contributed by atoms with Gasteiger partial charge in [-0.15, -0.1) is 0 Å². The van der Waals surface area contributed by atoms with Crippen LogP contribution in [0.2, 0.25) is 0 Å². The number of allylic oxidation sites excluding steroid dienone is 16. The molecule has 1 heterocycles. The van der Waals surface area contributed by atoms with Crippen LogP contribution in [0.4, 0.5) is 4.79 Å². The molecule has 0 aromatic rings. The van der Waals surface area contributed by atoms with Crippen molar-refractivity contribution < 1.29 is 24.3 Å². The molecule has 0 spiro atoms. The number of rotatable bonds is 10. The van der Waals surface area contributed by atoms with E-state index in [0.29, 0.717) is 13.1 Å². The molecule has 1 saturated heterocycles. The monoisotopic (exact) mass is 506 g/mol. The largest absolute Gasteiger partial charge is 0.478 e. The minimum Gasteiger partial charge on any atom is -0.478 e. The first kappa shape index (κ1) is 30.9. The van der Waals surface area contributed by atoms with E-state index in [0.717, 1.165) is 47.6 Å². The predicted molar refractivity (Wildman–Crippen MR) is 148 cm³/mol. The number of carboxylic acid groups (broad SMARTS) is 1. The van der Waals surface area contributed by atoms with Crippen LogP contribution in [-0.2, 0) is 14.4 Å². The minimum absolute atomic E-state index is 0.384. The van der Waals surface area contributed by atoms with E-state index in [1.165, 1.54) is 6.08 Å². The van der Waals surface area contributed by atoms with Crippen LogP contribution in [0.15, 0.2) is 107 Å². The predicted octanol–water partition coefficient (Wildman–Crippen LogP) is 6.29. The van der Waals surface area contributed by atoms with Crippen molar-refractivity contribution in [3.05, 3.63) is 107 Å². The highest BCUT2D eigenvalue weighted by atomic mass is 16.7. The van der Waals surface area contributed by atoms with E-state index in [1.54, 1.807) is 17.1 Å². The molecule has 0 saturated carbocycles. The highest BCUT2D eigenvalue weighted by Gasteiger charge is 2.16. The number of nitrogens with one attached hydrogen (secondary N) is 1. The highest BCUT2D eigenvalue weighted by Crippen LogP contribution is 2.08. The Kier molecular flexibility index (Phi) is 15.2. The van der Waals surface area contributed by atoms with Crippen molar-refractivity contribution in [2.45, 2.75) is 47.0 Å². The second kappa shape index (κ2) is 18.2. The van der Waals surface area contributed by atoms with Crippen LogP contribution in [-0.4, -0.2) is 41.1 Å². The molecule has 198 valence electrons. The molecule has 7 heteroatoms. The minimum atomic E-state index is -0.965. The topological polar surface area (TPSA) is 95.9 Å². The Labute approximate surface area is 220 Å². The lowest BCUT2D eigenvalue weighted by Gasteiger charge is -2.25. The zero-order valence-corrected chi connectivity index (χ0v) is 22.1. The van der Waals surface area contributed by atoms with Crippen molar-refractivity contribution in [3.63, 3.8) is 0 Å². The first-order chi connectivity index (χ1) is 17.7. The third-order valence-electron chi connectivity index (χ3n) is 5.12. The van der Waals surface area contributed by atoms with Crippen LogP contribution >= 0.6 is 0 Å². The maximum atomic E-state index is 11.9. The van der Waals surface area contributed by atoms with Crippen LogP contribution in [0.3, 0.4) is 0 Å². The summed E-state index contributed by atoms with van der Waals surface area (Å²) in [5, 5.41) is 8.62. The summed E-state index contributed by atoms with van der Waals surface area (Å²) in [5.74, 6) is -1.60. The Hall–Kier alpha value is -4.13. The molecule has 0 bridgehead atoms. The summed E-state index contributed by atoms with van der Waals surface area (Å²) in [6.45, 7) is 9.02. The van der Waals surface area contributed by atoms with Gasteiger partial charge in [0.1, 0.15) is 0 Å². The van der Waals surface area contributed by atoms with Gasteiger partial charge in [0.25, 0.3) is 0 Å². The smallest absolute Gasteiger partial charge is 0.355 e. The first-order valence-electron chi connectivity index (χ1n) is 12.2. The Balaban J connectivity index is 2.45. The number of piperidine rings is 1. The summed E-state index contributed by atoms with van der Waals surface area (Å²) in [6.07, 6.45) is 27.8. The average molecular weight is 507 g/mol. The van der Waals surface area contributed by atoms with Gasteiger partial charge in [-0.25, -0.2) is 14.4 Å². The standard InChI is InChI=1S/C30H38N2O5/c1-24(14-10-16-26(3)18-20-28(33)34)12-6-7-13-25(2)15-11-17-27(4)19-21-29(35)37-31-30(36)32-22-8-5-9-23-32/h6-7,10-21H,5,8-9,22-23H2,1-4H3,(H,31,36)(H,33,34)/b7-6+,14-10+,15-11+,20-18+,21-19+,24-12+,25-13+,26-16-,27-17+. The van der Waals surface area contributed by atoms with E-state index in [-0.39, 0.29) is 6.03 Å². The molecule has 1 rings (SSSR count). The summed E-state index contributed by atoms with van der Waals surface area (Å²) in [7, 11) is 0. The van der Waals surface area contributed by atoms with Gasteiger partial charge in [-0.2, -0.15) is 5.48 Å². The van der Waals surface area contributed by atoms with E-state index >= 15 is 0 Å². The van der Waals surface area contributed by atoms with E-state index in [4.69, 9.17) is 9.94 Å². The fraction of sp³-hybridized carbons (Fsp3) is 0.300. The Morgan fingerprint density at radius 1 is 0.649 bits per heavy atom. The summed E-state index contributed by atoms with van der Waals surface area (Å²) >= 11 is 0. The van der Waals surface area contributed by atoms with Gasteiger partial charge in [0.05, 0.1) is 0 Å². The molecule has 0 unspecified atom stereocenters. The van der Waals surface area contributed by atoms with E-state index in [2.05, 4.69) is 5.48 Å². The van der Waals surface area contributed by atoms with Gasteiger partial charge in [-0.1, -0.05) is 95.2 Å². The Bertz CT molecular complexity index is 1060. The Morgan fingerprint density at radius 3 is 1.62 bits per heavy atom. The van der Waals surface area contributed by atoms with E-state index < -0.39 is 11.9 Å². The van der Waals surface area contributed by atoms with Crippen molar-refractivity contribution in [1.29, 1.82) is 0 Å². The SMILES string of the molecule is CC(=C/C=C/C(C)=C/C=C/C=C(C)/C=C/C=C(C)/C=C/C(=O)ONC(=O)N1CCCCC1)/C=C/C(=O)O.